The maximum atomic E-state index is 5.61. The molecule has 0 aliphatic carbocycles. The molecular formula is C18H23AlO2. The largest absolute Gasteiger partial charge is 0.498 e. The molecule has 0 unspecified atom stereocenters. The van der Waals surface area contributed by atoms with Gasteiger partial charge in [0.05, 0.1) is 14.2 Å². The molecule has 0 heterocycles. The van der Waals surface area contributed by atoms with Gasteiger partial charge in [0.2, 0.25) is 0 Å². The number of hydrogen-bond donors (Lipinski definition) is 0. The first-order valence-electron chi connectivity index (χ1n) is 7.25. The van der Waals surface area contributed by atoms with Crippen LogP contribution in [0, 0.1) is 0 Å². The van der Waals surface area contributed by atoms with Gasteiger partial charge in [0.15, 0.2) is 0 Å². The third kappa shape index (κ3) is 3.43. The van der Waals surface area contributed by atoms with Crippen molar-refractivity contribution in [1.29, 1.82) is 0 Å². The Morgan fingerprint density at radius 2 is 1.10 bits per heavy atom. The Kier molecular flexibility index (Phi) is 4.98. The summed E-state index contributed by atoms with van der Waals surface area (Å²) >= 11 is -1.50. The predicted molar refractivity (Wildman–Crippen MR) is 90.7 cm³/mol. The SMILES string of the molecule is COc1cccc[c]1[Al]([c]1ccccc1OC)[C](C)(C)C. The monoisotopic (exact) mass is 298 g/mol. The molecule has 0 aromatic heterocycles. The Labute approximate surface area is 132 Å². The highest BCUT2D eigenvalue weighted by atomic mass is 27.2. The summed E-state index contributed by atoms with van der Waals surface area (Å²) in [6, 6.07) is 16.8. The molecule has 110 valence electrons. The third-order valence-corrected chi connectivity index (χ3v) is 7.70. The van der Waals surface area contributed by atoms with Gasteiger partial charge < -0.3 is 9.47 Å². The second kappa shape index (κ2) is 6.56. The van der Waals surface area contributed by atoms with Gasteiger partial charge in [-0.3, -0.25) is 0 Å². The first-order valence-corrected chi connectivity index (χ1v) is 8.98. The molecule has 0 amide bonds. The summed E-state index contributed by atoms with van der Waals surface area (Å²) in [5.74, 6) is 1.96. The summed E-state index contributed by atoms with van der Waals surface area (Å²) in [5.41, 5.74) is 0. The average Bonchev–Trinajstić information content (AvgIpc) is 2.47. The molecule has 0 bridgehead atoms. The van der Waals surface area contributed by atoms with Crippen LogP contribution in [0.2, 0.25) is 4.28 Å². The maximum Gasteiger partial charge on any atom is 0.363 e. The Balaban J connectivity index is 2.65. The van der Waals surface area contributed by atoms with Crippen molar-refractivity contribution in [2.75, 3.05) is 14.2 Å². The first kappa shape index (κ1) is 16.0. The molecule has 2 aromatic rings. The number of methoxy groups -OCH3 is 2. The van der Waals surface area contributed by atoms with Crippen molar-refractivity contribution < 1.29 is 9.47 Å². The molecule has 2 rings (SSSR count). The zero-order valence-electron chi connectivity index (χ0n) is 13.5. The third-order valence-electron chi connectivity index (χ3n) is 3.77. The first-order chi connectivity index (χ1) is 9.99. The lowest BCUT2D eigenvalue weighted by Gasteiger charge is -2.29. The van der Waals surface area contributed by atoms with E-state index in [2.05, 4.69) is 57.2 Å². The lowest BCUT2D eigenvalue weighted by Crippen LogP contribution is -2.49. The van der Waals surface area contributed by atoms with E-state index in [4.69, 9.17) is 9.47 Å². The molecule has 0 spiro atoms. The molecule has 0 saturated carbocycles. The van der Waals surface area contributed by atoms with Crippen LogP contribution < -0.4 is 18.3 Å². The standard InChI is InChI=1S/2C7H7O.C4H9.Al/c2*1-8-7-5-3-2-4-6-7;1-4(2)3;/h2*2-5H,1H3;1-3H3;. The fourth-order valence-electron chi connectivity index (χ4n) is 2.91. The zero-order valence-corrected chi connectivity index (χ0v) is 14.7. The Morgan fingerprint density at radius 3 is 1.43 bits per heavy atom. The summed E-state index contributed by atoms with van der Waals surface area (Å²) in [6.45, 7) is 6.92. The molecule has 2 nitrogen and oxygen atoms in total. The molecule has 0 aliphatic rings. The van der Waals surface area contributed by atoms with Crippen LogP contribution in [-0.4, -0.2) is 28.4 Å². The van der Waals surface area contributed by atoms with Crippen molar-refractivity contribution in [3.63, 3.8) is 0 Å². The second-order valence-corrected chi connectivity index (χ2v) is 10.1. The van der Waals surface area contributed by atoms with Crippen LogP contribution in [0.25, 0.3) is 0 Å². The van der Waals surface area contributed by atoms with Crippen LogP contribution in [0.5, 0.6) is 11.5 Å². The highest BCUT2D eigenvalue weighted by Gasteiger charge is 2.38. The summed E-state index contributed by atoms with van der Waals surface area (Å²) < 4.78 is 14.1. The Bertz CT molecular complexity index is 555. The number of benzene rings is 2. The Morgan fingerprint density at radius 1 is 0.714 bits per heavy atom. The van der Waals surface area contributed by atoms with Crippen molar-refractivity contribution in [3.05, 3.63) is 48.5 Å². The highest BCUT2D eigenvalue weighted by Crippen LogP contribution is 2.30. The minimum absolute atomic E-state index is 0.184. The molecule has 0 fully saturated rings. The fourth-order valence-corrected chi connectivity index (χ4v) is 6.72. The van der Waals surface area contributed by atoms with Crippen molar-refractivity contribution in [2.24, 2.45) is 0 Å². The molecular weight excluding hydrogens is 275 g/mol. The van der Waals surface area contributed by atoms with Crippen LogP contribution in [-0.2, 0) is 0 Å². The summed E-state index contributed by atoms with van der Waals surface area (Å²) in [6.07, 6.45) is 0. The van der Waals surface area contributed by atoms with E-state index in [1.807, 2.05) is 12.1 Å². The quantitative estimate of drug-likeness (QED) is 0.808. The van der Waals surface area contributed by atoms with Gasteiger partial charge in [0, 0.05) is 0 Å². The van der Waals surface area contributed by atoms with Crippen molar-refractivity contribution >= 4 is 23.0 Å². The topological polar surface area (TPSA) is 18.5 Å². The van der Waals surface area contributed by atoms with E-state index in [1.165, 1.54) is 8.85 Å². The predicted octanol–water partition coefficient (Wildman–Crippen LogP) is 3.11. The number of ether oxygens (including phenoxy) is 2. The van der Waals surface area contributed by atoms with Gasteiger partial charge in [0.1, 0.15) is 11.5 Å². The highest BCUT2D eigenvalue weighted by molar-refractivity contribution is 6.88. The van der Waals surface area contributed by atoms with Gasteiger partial charge >= 0.3 is 14.1 Å². The molecule has 0 saturated heterocycles. The number of para-hydroxylation sites is 2. The summed E-state index contributed by atoms with van der Waals surface area (Å²) in [4.78, 5) is 0. The fraction of sp³-hybridized carbons (Fsp3) is 0.333. The number of rotatable bonds is 4. The van der Waals surface area contributed by atoms with E-state index in [1.54, 1.807) is 14.2 Å². The van der Waals surface area contributed by atoms with Gasteiger partial charge in [-0.25, -0.2) is 0 Å². The van der Waals surface area contributed by atoms with Crippen LogP contribution in [0.1, 0.15) is 20.8 Å². The van der Waals surface area contributed by atoms with Crippen molar-refractivity contribution in [1.82, 2.24) is 0 Å². The van der Waals surface area contributed by atoms with E-state index in [-0.39, 0.29) is 4.28 Å². The van der Waals surface area contributed by atoms with E-state index in [0.717, 1.165) is 11.5 Å². The van der Waals surface area contributed by atoms with Gasteiger partial charge in [-0.2, -0.15) is 0 Å². The molecule has 3 heteroatoms. The van der Waals surface area contributed by atoms with Crippen LogP contribution in [0.15, 0.2) is 48.5 Å². The molecule has 21 heavy (non-hydrogen) atoms. The van der Waals surface area contributed by atoms with E-state index in [9.17, 15) is 0 Å². The lowest BCUT2D eigenvalue weighted by molar-refractivity contribution is 0.416. The smallest absolute Gasteiger partial charge is 0.363 e. The van der Waals surface area contributed by atoms with Crippen LogP contribution >= 0.6 is 0 Å². The molecule has 0 aliphatic heterocycles. The van der Waals surface area contributed by atoms with Crippen molar-refractivity contribution in [3.8, 4) is 11.5 Å². The van der Waals surface area contributed by atoms with E-state index in [0.29, 0.717) is 0 Å². The van der Waals surface area contributed by atoms with Crippen LogP contribution in [0.3, 0.4) is 0 Å². The molecule has 0 radical (unpaired) electrons. The van der Waals surface area contributed by atoms with Crippen LogP contribution in [0.4, 0.5) is 0 Å². The van der Waals surface area contributed by atoms with Gasteiger partial charge in [-0.05, 0) is 12.1 Å². The van der Waals surface area contributed by atoms with E-state index >= 15 is 0 Å². The van der Waals surface area contributed by atoms with Gasteiger partial charge in [-0.1, -0.05) is 70.3 Å². The van der Waals surface area contributed by atoms with Gasteiger partial charge in [-0.15, -0.1) is 0 Å². The maximum absolute atomic E-state index is 5.61. The summed E-state index contributed by atoms with van der Waals surface area (Å²) in [5, 5.41) is 0. The average molecular weight is 298 g/mol. The van der Waals surface area contributed by atoms with Gasteiger partial charge in [0.25, 0.3) is 0 Å². The number of hydrogen-bond acceptors (Lipinski definition) is 2. The zero-order chi connectivity index (χ0) is 15.5. The molecule has 2 aromatic carbocycles. The molecule has 0 N–H and O–H groups in total. The van der Waals surface area contributed by atoms with Crippen molar-refractivity contribution in [2.45, 2.75) is 25.0 Å². The minimum atomic E-state index is -1.50. The Hall–Kier alpha value is -1.43. The second-order valence-electron chi connectivity index (χ2n) is 6.28. The normalized spacial score (nSPS) is 11.1. The minimum Gasteiger partial charge on any atom is -0.498 e. The molecule has 0 atom stereocenters. The summed E-state index contributed by atoms with van der Waals surface area (Å²) in [7, 11) is 3.49. The van der Waals surface area contributed by atoms with E-state index < -0.39 is 14.1 Å². The lowest BCUT2D eigenvalue weighted by atomic mass is 10.2.